The molecule has 0 bridgehead atoms. The van der Waals surface area contributed by atoms with Crippen LogP contribution in [-0.4, -0.2) is 49.6 Å². The summed E-state index contributed by atoms with van der Waals surface area (Å²) in [4.78, 5) is 23.4. The van der Waals surface area contributed by atoms with Gasteiger partial charge in [0.25, 0.3) is 0 Å². The number of likely N-dealkylation sites (tertiary alicyclic amines) is 1. The van der Waals surface area contributed by atoms with Crippen molar-refractivity contribution < 1.29 is 9.90 Å². The molecule has 1 saturated heterocycles. The number of urea groups is 1. The summed E-state index contributed by atoms with van der Waals surface area (Å²) in [7, 11) is 0. The van der Waals surface area contributed by atoms with Gasteiger partial charge in [0.1, 0.15) is 17.2 Å². The van der Waals surface area contributed by atoms with Crippen LogP contribution in [0.15, 0.2) is 48.8 Å². The van der Waals surface area contributed by atoms with E-state index in [9.17, 15) is 9.90 Å². The Labute approximate surface area is 144 Å². The number of aliphatic hydroxyl groups is 1. The average molecular weight is 337 g/mol. The highest BCUT2D eigenvalue weighted by molar-refractivity contribution is 5.93. The van der Waals surface area contributed by atoms with Crippen LogP contribution in [0.3, 0.4) is 0 Å². The van der Waals surface area contributed by atoms with E-state index in [1.165, 1.54) is 0 Å². The highest BCUT2D eigenvalue weighted by Crippen LogP contribution is 2.27. The average Bonchev–Trinajstić information content (AvgIpc) is 3.02. The molecule has 128 valence electrons. The van der Waals surface area contributed by atoms with Crippen molar-refractivity contribution in [2.45, 2.75) is 18.9 Å². The van der Waals surface area contributed by atoms with Crippen molar-refractivity contribution in [3.63, 3.8) is 0 Å². The van der Waals surface area contributed by atoms with Crippen molar-refractivity contribution >= 4 is 17.5 Å². The van der Waals surface area contributed by atoms with E-state index < -0.39 is 0 Å². The van der Waals surface area contributed by atoms with Gasteiger partial charge in [-0.15, -0.1) is 0 Å². The molecule has 0 unspecified atom stereocenters. The molecule has 1 aliphatic rings. The maximum atomic E-state index is 12.7. The summed E-state index contributed by atoms with van der Waals surface area (Å²) in [5, 5.41) is 12.6. The van der Waals surface area contributed by atoms with E-state index in [0.29, 0.717) is 43.1 Å². The van der Waals surface area contributed by atoms with Gasteiger partial charge < -0.3 is 10.0 Å². The van der Waals surface area contributed by atoms with E-state index in [-0.39, 0.29) is 12.1 Å². The number of carbonyl (C=O) groups excluding carboxylic acids is 1. The molecule has 0 radical (unpaired) electrons. The van der Waals surface area contributed by atoms with Crippen LogP contribution in [0.1, 0.15) is 12.8 Å². The van der Waals surface area contributed by atoms with Crippen LogP contribution in [0.4, 0.5) is 10.6 Å². The van der Waals surface area contributed by atoms with Crippen LogP contribution in [0.2, 0.25) is 0 Å². The second kappa shape index (κ2) is 6.52. The second-order valence-corrected chi connectivity index (χ2v) is 6.10. The maximum Gasteiger partial charge on any atom is 0.323 e. The smallest absolute Gasteiger partial charge is 0.323 e. The Balaban J connectivity index is 1.69. The van der Waals surface area contributed by atoms with Crippen molar-refractivity contribution in [3.05, 3.63) is 48.8 Å². The largest absolute Gasteiger partial charge is 0.393 e. The third-order valence-corrected chi connectivity index (χ3v) is 4.41. The van der Waals surface area contributed by atoms with E-state index in [1.54, 1.807) is 11.1 Å². The topological polar surface area (TPSA) is 82.8 Å². The minimum Gasteiger partial charge on any atom is -0.393 e. The number of anilines is 1. The second-order valence-electron chi connectivity index (χ2n) is 6.10. The van der Waals surface area contributed by atoms with Gasteiger partial charge in [0, 0.05) is 25.5 Å². The summed E-state index contributed by atoms with van der Waals surface area (Å²) >= 11 is 0. The summed E-state index contributed by atoms with van der Waals surface area (Å²) in [6, 6.07) is 11.1. The van der Waals surface area contributed by atoms with E-state index in [0.717, 1.165) is 5.65 Å². The number of hydrogen-bond donors (Lipinski definition) is 2. The van der Waals surface area contributed by atoms with Crippen molar-refractivity contribution in [1.29, 1.82) is 0 Å². The number of aromatic nitrogens is 3. The highest BCUT2D eigenvalue weighted by Gasteiger charge is 2.24. The molecular weight excluding hydrogens is 318 g/mol. The molecule has 3 aromatic rings. The Kier molecular flexibility index (Phi) is 4.07. The molecule has 1 aliphatic heterocycles. The Hall–Kier alpha value is -2.93. The number of imidazole rings is 1. The van der Waals surface area contributed by atoms with Gasteiger partial charge in [0.05, 0.1) is 11.8 Å². The molecule has 7 heteroatoms. The summed E-state index contributed by atoms with van der Waals surface area (Å²) in [5.74, 6) is 0.602. The lowest BCUT2D eigenvalue weighted by Gasteiger charge is -2.29. The monoisotopic (exact) mass is 337 g/mol. The molecule has 2 amide bonds. The summed E-state index contributed by atoms with van der Waals surface area (Å²) < 4.78 is 1.85. The van der Waals surface area contributed by atoms with Gasteiger partial charge in [0.2, 0.25) is 0 Å². The van der Waals surface area contributed by atoms with Crippen LogP contribution in [0, 0.1) is 0 Å². The minimum atomic E-state index is -0.316. The first-order chi connectivity index (χ1) is 12.2. The molecule has 0 aromatic carbocycles. The molecule has 4 rings (SSSR count). The maximum absolute atomic E-state index is 12.7. The number of pyridine rings is 2. The fourth-order valence-corrected chi connectivity index (χ4v) is 3.05. The van der Waals surface area contributed by atoms with E-state index >= 15 is 0 Å². The van der Waals surface area contributed by atoms with Crippen LogP contribution < -0.4 is 5.32 Å². The third-order valence-electron chi connectivity index (χ3n) is 4.41. The van der Waals surface area contributed by atoms with Gasteiger partial charge in [-0.3, -0.25) is 14.7 Å². The van der Waals surface area contributed by atoms with Gasteiger partial charge in [-0.2, -0.15) is 0 Å². The number of rotatable bonds is 2. The molecule has 0 saturated carbocycles. The number of nitrogens with zero attached hydrogens (tertiary/aromatic N) is 4. The molecule has 25 heavy (non-hydrogen) atoms. The zero-order chi connectivity index (χ0) is 17.2. The van der Waals surface area contributed by atoms with E-state index in [2.05, 4.69) is 15.3 Å². The zero-order valence-electron chi connectivity index (χ0n) is 13.7. The van der Waals surface area contributed by atoms with Gasteiger partial charge >= 0.3 is 6.03 Å². The Morgan fingerprint density at radius 3 is 2.72 bits per heavy atom. The van der Waals surface area contributed by atoms with Crippen molar-refractivity contribution in [2.75, 3.05) is 18.4 Å². The summed E-state index contributed by atoms with van der Waals surface area (Å²) in [5.41, 5.74) is 2.08. The first-order valence-electron chi connectivity index (χ1n) is 8.35. The van der Waals surface area contributed by atoms with Crippen LogP contribution in [-0.2, 0) is 0 Å². The van der Waals surface area contributed by atoms with Crippen LogP contribution in [0.25, 0.3) is 17.0 Å². The Morgan fingerprint density at radius 2 is 1.96 bits per heavy atom. The van der Waals surface area contributed by atoms with Gasteiger partial charge in [-0.1, -0.05) is 12.1 Å². The first-order valence-corrected chi connectivity index (χ1v) is 8.35. The predicted octanol–water partition coefficient (Wildman–Crippen LogP) is 2.38. The first kappa shape index (κ1) is 15.6. The van der Waals surface area contributed by atoms with Gasteiger partial charge in [0.15, 0.2) is 0 Å². The van der Waals surface area contributed by atoms with E-state index in [4.69, 9.17) is 0 Å². The lowest BCUT2D eigenvalue weighted by Crippen LogP contribution is -2.42. The van der Waals surface area contributed by atoms with Crippen molar-refractivity contribution in [3.8, 4) is 11.4 Å². The van der Waals surface area contributed by atoms with Crippen LogP contribution in [0.5, 0.6) is 0 Å². The number of piperidine rings is 1. The fraction of sp³-hybridized carbons (Fsp3) is 0.278. The van der Waals surface area contributed by atoms with Crippen LogP contribution >= 0.6 is 0 Å². The molecule has 1 fully saturated rings. The molecule has 0 spiro atoms. The highest BCUT2D eigenvalue weighted by atomic mass is 16.3. The molecule has 2 N–H and O–H groups in total. The molecule has 4 heterocycles. The fourth-order valence-electron chi connectivity index (χ4n) is 3.05. The third kappa shape index (κ3) is 3.06. The quantitative estimate of drug-likeness (QED) is 0.752. The molecule has 7 nitrogen and oxygen atoms in total. The number of nitrogens with one attached hydrogen (secondary N) is 1. The number of fused-ring (bicyclic) bond motifs is 1. The number of hydrogen-bond acceptors (Lipinski definition) is 4. The minimum absolute atomic E-state index is 0.185. The molecular formula is C18H19N5O2. The normalized spacial score (nSPS) is 15.5. The standard InChI is InChI=1S/C18H19N5O2/c24-13-7-11-22(12-8-13)18(25)21-17-16(14-5-1-3-9-19-14)20-15-6-2-4-10-23(15)17/h1-6,9-10,13,24H,7-8,11-12H2,(H,21,25). The van der Waals surface area contributed by atoms with Gasteiger partial charge in [-0.05, 0) is 37.1 Å². The molecule has 0 atom stereocenters. The SMILES string of the molecule is O=C(Nc1c(-c2ccccn2)nc2ccccn12)N1CCC(O)CC1. The lowest BCUT2D eigenvalue weighted by atomic mass is 10.1. The number of amides is 2. The zero-order valence-corrected chi connectivity index (χ0v) is 13.7. The molecule has 3 aromatic heterocycles. The Bertz CT molecular complexity index is 885. The molecule has 0 aliphatic carbocycles. The predicted molar refractivity (Wildman–Crippen MR) is 94.3 cm³/mol. The van der Waals surface area contributed by atoms with E-state index in [1.807, 2.05) is 47.0 Å². The summed E-state index contributed by atoms with van der Waals surface area (Å²) in [6.45, 7) is 1.09. The Morgan fingerprint density at radius 1 is 1.16 bits per heavy atom. The number of aliphatic hydroxyl groups excluding tert-OH is 1. The summed E-state index contributed by atoms with van der Waals surface area (Å²) in [6.07, 6.45) is 4.46. The van der Waals surface area contributed by atoms with Gasteiger partial charge in [-0.25, -0.2) is 9.78 Å². The number of carbonyl (C=O) groups is 1. The van der Waals surface area contributed by atoms with Crippen molar-refractivity contribution in [1.82, 2.24) is 19.3 Å². The van der Waals surface area contributed by atoms with Crippen molar-refractivity contribution in [2.24, 2.45) is 0 Å². The lowest BCUT2D eigenvalue weighted by molar-refractivity contribution is 0.0972.